The number of nitrogens with one attached hydrogen (secondary N) is 1. The molecule has 0 radical (unpaired) electrons. The van der Waals surface area contributed by atoms with E-state index in [-0.39, 0.29) is 33.1 Å². The van der Waals surface area contributed by atoms with Gasteiger partial charge in [-0.3, -0.25) is 13.9 Å². The number of halogens is 3. The molecule has 7 nitrogen and oxygen atoms in total. The summed E-state index contributed by atoms with van der Waals surface area (Å²) < 4.78 is 29.5. The molecule has 208 valence electrons. The van der Waals surface area contributed by atoms with Crippen molar-refractivity contribution in [1.29, 1.82) is 0 Å². The molecule has 1 N–H and O–H groups in total. The van der Waals surface area contributed by atoms with E-state index in [1.807, 2.05) is 38.1 Å². The van der Waals surface area contributed by atoms with E-state index in [2.05, 4.69) is 21.2 Å². The molecule has 1 atom stereocenters. The van der Waals surface area contributed by atoms with Gasteiger partial charge in [-0.05, 0) is 68.3 Å². The Bertz CT molecular complexity index is 1430. The number of hydrogen-bond acceptors (Lipinski definition) is 4. The summed E-state index contributed by atoms with van der Waals surface area (Å²) in [7, 11) is -4.24. The van der Waals surface area contributed by atoms with E-state index in [4.69, 9.17) is 23.2 Å². The zero-order chi connectivity index (χ0) is 28.7. The van der Waals surface area contributed by atoms with Gasteiger partial charge >= 0.3 is 0 Å². The van der Waals surface area contributed by atoms with Gasteiger partial charge < -0.3 is 10.2 Å². The summed E-state index contributed by atoms with van der Waals surface area (Å²) in [4.78, 5) is 28.2. The van der Waals surface area contributed by atoms with Crippen molar-refractivity contribution in [2.24, 2.45) is 0 Å². The van der Waals surface area contributed by atoms with Crippen LogP contribution in [-0.4, -0.2) is 44.3 Å². The van der Waals surface area contributed by atoms with Crippen LogP contribution in [0.3, 0.4) is 0 Å². The average molecular weight is 655 g/mol. The van der Waals surface area contributed by atoms with Crippen LogP contribution in [-0.2, 0) is 26.2 Å². The van der Waals surface area contributed by atoms with Gasteiger partial charge in [0.2, 0.25) is 11.8 Å². The van der Waals surface area contributed by atoms with Gasteiger partial charge in [0.05, 0.1) is 15.6 Å². The Balaban J connectivity index is 2.06. The van der Waals surface area contributed by atoms with Crippen LogP contribution in [0.5, 0.6) is 0 Å². The van der Waals surface area contributed by atoms with Gasteiger partial charge in [-0.2, -0.15) is 0 Å². The molecule has 0 bridgehead atoms. The number of benzene rings is 3. The molecule has 11 heteroatoms. The predicted octanol–water partition coefficient (Wildman–Crippen LogP) is 6.20. The highest BCUT2D eigenvalue weighted by Gasteiger charge is 2.33. The molecule has 0 aliphatic carbocycles. The normalized spacial score (nSPS) is 12.1. The number of nitrogens with zero attached hydrogens (tertiary/aromatic N) is 2. The number of rotatable bonds is 11. The monoisotopic (exact) mass is 653 g/mol. The smallest absolute Gasteiger partial charge is 0.264 e. The maximum atomic E-state index is 13.9. The first-order valence-corrected chi connectivity index (χ1v) is 15.3. The van der Waals surface area contributed by atoms with Crippen LogP contribution in [0, 0.1) is 6.92 Å². The fourth-order valence-electron chi connectivity index (χ4n) is 3.84. The zero-order valence-electron chi connectivity index (χ0n) is 21.8. The third kappa shape index (κ3) is 7.97. The lowest BCUT2D eigenvalue weighted by atomic mass is 10.1. The lowest BCUT2D eigenvalue weighted by Gasteiger charge is -2.32. The first kappa shape index (κ1) is 30.9. The molecule has 0 heterocycles. The van der Waals surface area contributed by atoms with Gasteiger partial charge in [-0.1, -0.05) is 75.9 Å². The number of hydrogen-bond donors (Lipinski definition) is 1. The Morgan fingerprint density at radius 1 is 1.03 bits per heavy atom. The Kier molecular flexibility index (Phi) is 10.8. The molecular weight excluding hydrogens is 625 g/mol. The molecule has 0 aromatic heterocycles. The molecule has 3 rings (SSSR count). The van der Waals surface area contributed by atoms with Crippen molar-refractivity contribution < 1.29 is 18.0 Å². The number of carbonyl (C=O) groups is 2. The van der Waals surface area contributed by atoms with Crippen LogP contribution < -0.4 is 9.62 Å². The van der Waals surface area contributed by atoms with E-state index in [1.165, 1.54) is 35.2 Å². The summed E-state index contributed by atoms with van der Waals surface area (Å²) in [6.07, 6.45) is 0.730. The van der Waals surface area contributed by atoms with Gasteiger partial charge in [-0.25, -0.2) is 8.42 Å². The summed E-state index contributed by atoms with van der Waals surface area (Å²) in [6.45, 7) is 5.32. The molecule has 0 aliphatic rings. The summed E-state index contributed by atoms with van der Waals surface area (Å²) in [5, 5.41) is 3.18. The molecule has 0 fully saturated rings. The first-order valence-electron chi connectivity index (χ1n) is 12.3. The molecule has 0 saturated carbocycles. The van der Waals surface area contributed by atoms with Crippen LogP contribution in [0.1, 0.15) is 31.4 Å². The Hall–Kier alpha value is -2.59. The average Bonchev–Trinajstić information content (AvgIpc) is 2.90. The minimum absolute atomic E-state index is 0.00998. The predicted molar refractivity (Wildman–Crippen MR) is 160 cm³/mol. The highest BCUT2D eigenvalue weighted by atomic mass is 79.9. The number of anilines is 1. The quantitative estimate of drug-likeness (QED) is 0.267. The molecule has 3 aromatic rings. The zero-order valence-corrected chi connectivity index (χ0v) is 25.7. The minimum Gasteiger partial charge on any atom is -0.354 e. The highest BCUT2D eigenvalue weighted by Crippen LogP contribution is 2.33. The molecule has 39 heavy (non-hydrogen) atoms. The van der Waals surface area contributed by atoms with E-state index >= 15 is 0 Å². The van der Waals surface area contributed by atoms with Gasteiger partial charge in [0.15, 0.2) is 0 Å². The minimum atomic E-state index is -4.24. The maximum Gasteiger partial charge on any atom is 0.264 e. The molecule has 2 amide bonds. The van der Waals surface area contributed by atoms with Crippen molar-refractivity contribution in [3.8, 4) is 0 Å². The fraction of sp³-hybridized carbons (Fsp3) is 0.286. The van der Waals surface area contributed by atoms with Gasteiger partial charge in [0.25, 0.3) is 10.0 Å². The van der Waals surface area contributed by atoms with Gasteiger partial charge in [0, 0.05) is 22.6 Å². The number of amides is 2. The molecule has 0 spiro atoms. The van der Waals surface area contributed by atoms with E-state index < -0.39 is 28.5 Å². The number of carbonyl (C=O) groups excluding carboxylic acids is 2. The van der Waals surface area contributed by atoms with Gasteiger partial charge in [-0.15, -0.1) is 0 Å². The Labute approximate surface area is 248 Å². The van der Waals surface area contributed by atoms with Crippen molar-refractivity contribution in [1.82, 2.24) is 10.2 Å². The van der Waals surface area contributed by atoms with Crippen molar-refractivity contribution in [3.05, 3.63) is 92.4 Å². The van der Waals surface area contributed by atoms with E-state index in [0.717, 1.165) is 26.3 Å². The molecular formula is C28H30BrCl2N3O4S. The third-order valence-electron chi connectivity index (χ3n) is 6.02. The van der Waals surface area contributed by atoms with E-state index in [9.17, 15) is 18.0 Å². The number of aryl methyl sites for hydroxylation is 1. The second-order valence-electron chi connectivity index (χ2n) is 9.04. The molecule has 0 unspecified atom stereocenters. The summed E-state index contributed by atoms with van der Waals surface area (Å²) in [5.41, 5.74) is 1.70. The second kappa shape index (κ2) is 13.7. The summed E-state index contributed by atoms with van der Waals surface area (Å²) >= 11 is 16.1. The largest absolute Gasteiger partial charge is 0.354 e. The van der Waals surface area contributed by atoms with Crippen LogP contribution in [0.15, 0.2) is 76.1 Å². The fourth-order valence-corrected chi connectivity index (χ4v) is 6.15. The Morgan fingerprint density at radius 3 is 2.36 bits per heavy atom. The van der Waals surface area contributed by atoms with E-state index in [1.54, 1.807) is 19.1 Å². The third-order valence-corrected chi connectivity index (χ3v) is 8.85. The standard InChI is InChI=1S/C28H30BrCl2N3O4S/c1-4-14-32-28(36)20(3)33(17-21-6-5-7-22(29)15-21)27(35)18-34(26-16-23(30)10-13-25(26)31)39(37,38)24-11-8-19(2)9-12-24/h5-13,15-16,20H,4,14,17-18H2,1-3H3,(H,32,36)/t20-/m1/s1. The maximum absolute atomic E-state index is 13.9. The van der Waals surface area contributed by atoms with Crippen LogP contribution in [0.25, 0.3) is 0 Å². The van der Waals surface area contributed by atoms with Crippen molar-refractivity contribution in [2.75, 3.05) is 17.4 Å². The molecule has 0 saturated heterocycles. The van der Waals surface area contributed by atoms with E-state index in [0.29, 0.717) is 6.54 Å². The highest BCUT2D eigenvalue weighted by molar-refractivity contribution is 9.10. The van der Waals surface area contributed by atoms with Gasteiger partial charge in [0.1, 0.15) is 12.6 Å². The van der Waals surface area contributed by atoms with Crippen LogP contribution >= 0.6 is 39.1 Å². The lowest BCUT2D eigenvalue weighted by molar-refractivity contribution is -0.139. The van der Waals surface area contributed by atoms with Crippen LogP contribution in [0.4, 0.5) is 5.69 Å². The van der Waals surface area contributed by atoms with Crippen molar-refractivity contribution in [2.45, 2.75) is 44.7 Å². The van der Waals surface area contributed by atoms with Crippen molar-refractivity contribution >= 4 is 66.7 Å². The van der Waals surface area contributed by atoms with Crippen molar-refractivity contribution in [3.63, 3.8) is 0 Å². The number of sulfonamides is 1. The topological polar surface area (TPSA) is 86.8 Å². The molecule has 3 aromatic carbocycles. The molecule has 0 aliphatic heterocycles. The first-order chi connectivity index (χ1) is 18.4. The summed E-state index contributed by atoms with van der Waals surface area (Å²) in [5.74, 6) is -0.922. The summed E-state index contributed by atoms with van der Waals surface area (Å²) in [6, 6.07) is 17.2. The van der Waals surface area contributed by atoms with Crippen LogP contribution in [0.2, 0.25) is 10.0 Å². The second-order valence-corrected chi connectivity index (χ2v) is 12.7. The Morgan fingerprint density at radius 2 is 1.72 bits per heavy atom. The lowest BCUT2D eigenvalue weighted by Crippen LogP contribution is -2.51. The SMILES string of the molecule is CCCNC(=O)[C@@H](C)N(Cc1cccc(Br)c1)C(=O)CN(c1cc(Cl)ccc1Cl)S(=O)(=O)c1ccc(C)cc1.